The summed E-state index contributed by atoms with van der Waals surface area (Å²) < 4.78 is 6.10. The number of carbonyl (C=O) groups excluding carboxylic acids is 1. The average Bonchev–Trinajstić information content (AvgIpc) is 3.69. The van der Waals surface area contributed by atoms with Crippen molar-refractivity contribution in [2.24, 2.45) is 5.92 Å². The Kier molecular flexibility index (Phi) is 6.68. The monoisotopic (exact) mass is 441 g/mol. The van der Waals surface area contributed by atoms with Crippen LogP contribution in [0.3, 0.4) is 0 Å². The summed E-state index contributed by atoms with van der Waals surface area (Å²) in [5.74, 6) is 1.53. The van der Waals surface area contributed by atoms with Crippen LogP contribution in [0, 0.1) is 5.92 Å². The fraction of sp³-hybridized carbons (Fsp3) is 0.357. The van der Waals surface area contributed by atoms with Crippen molar-refractivity contribution in [3.05, 3.63) is 84.1 Å². The number of likely N-dealkylation sites (tertiary alicyclic amines) is 1. The van der Waals surface area contributed by atoms with Crippen molar-refractivity contribution in [2.45, 2.75) is 38.3 Å². The number of piperidine rings is 1. The third-order valence-electron chi connectivity index (χ3n) is 6.54. The first-order valence-electron chi connectivity index (χ1n) is 12.0. The second-order valence-corrected chi connectivity index (χ2v) is 9.19. The first kappa shape index (κ1) is 21.7. The molecule has 1 saturated carbocycles. The lowest BCUT2D eigenvalue weighted by Crippen LogP contribution is -2.39. The van der Waals surface area contributed by atoms with E-state index in [0.29, 0.717) is 18.0 Å². The molecule has 0 unspecified atom stereocenters. The maximum absolute atomic E-state index is 12.5. The van der Waals surface area contributed by atoms with Crippen LogP contribution in [0.1, 0.15) is 41.6 Å². The Morgan fingerprint density at radius 2 is 1.64 bits per heavy atom. The Hall–Kier alpha value is -3.18. The molecule has 5 heteroatoms. The molecule has 2 aromatic carbocycles. The molecule has 5 rings (SSSR count). The van der Waals surface area contributed by atoms with Crippen molar-refractivity contribution in [3.63, 3.8) is 0 Å². The number of hydrogen-bond acceptors (Lipinski definition) is 4. The summed E-state index contributed by atoms with van der Waals surface area (Å²) in [5, 5.41) is 2.98. The molecule has 170 valence electrons. The summed E-state index contributed by atoms with van der Waals surface area (Å²) in [7, 11) is 0. The van der Waals surface area contributed by atoms with Gasteiger partial charge in [0.2, 0.25) is 5.88 Å². The molecule has 33 heavy (non-hydrogen) atoms. The SMILES string of the molecule is O=C(NCc1ccc(OC2CCN(CC3CC3)CC2)nc1)c1ccc(-c2ccccc2)cc1. The van der Waals surface area contributed by atoms with Gasteiger partial charge in [-0.25, -0.2) is 4.98 Å². The number of aromatic nitrogens is 1. The smallest absolute Gasteiger partial charge is 0.251 e. The molecule has 0 atom stereocenters. The third kappa shape index (κ3) is 5.99. The number of hydrogen-bond donors (Lipinski definition) is 1. The van der Waals surface area contributed by atoms with Crippen molar-refractivity contribution in [3.8, 4) is 17.0 Å². The number of nitrogens with one attached hydrogen (secondary N) is 1. The highest BCUT2D eigenvalue weighted by Crippen LogP contribution is 2.30. The standard InChI is InChI=1S/C28H31N3O2/c32-28(25-11-9-24(10-12-25)23-4-2-1-3-5-23)30-19-22-8-13-27(29-18-22)33-26-14-16-31(17-15-26)20-21-6-7-21/h1-5,8-13,18,21,26H,6-7,14-17,19-20H2,(H,30,32). The van der Waals surface area contributed by atoms with Gasteiger partial charge in [-0.15, -0.1) is 0 Å². The quantitative estimate of drug-likeness (QED) is 0.538. The predicted molar refractivity (Wildman–Crippen MR) is 130 cm³/mol. The summed E-state index contributed by atoms with van der Waals surface area (Å²) in [6, 6.07) is 21.7. The number of amides is 1. The predicted octanol–water partition coefficient (Wildman–Crippen LogP) is 4.93. The molecule has 0 bridgehead atoms. The molecule has 1 aromatic heterocycles. The van der Waals surface area contributed by atoms with E-state index in [2.05, 4.69) is 27.3 Å². The zero-order valence-electron chi connectivity index (χ0n) is 19.0. The molecule has 2 aliphatic rings. The summed E-state index contributed by atoms with van der Waals surface area (Å²) in [6.45, 7) is 3.95. The van der Waals surface area contributed by atoms with Gasteiger partial charge in [-0.05, 0) is 60.4 Å². The lowest BCUT2D eigenvalue weighted by molar-refractivity contribution is 0.0944. The lowest BCUT2D eigenvalue weighted by atomic mass is 10.0. The molecular weight excluding hydrogens is 410 g/mol. The topological polar surface area (TPSA) is 54.5 Å². The number of carbonyl (C=O) groups is 1. The maximum atomic E-state index is 12.5. The van der Waals surface area contributed by atoms with Crippen molar-refractivity contribution < 1.29 is 9.53 Å². The van der Waals surface area contributed by atoms with Gasteiger partial charge in [-0.1, -0.05) is 48.5 Å². The normalized spacial score (nSPS) is 17.0. The molecular formula is C28H31N3O2. The highest BCUT2D eigenvalue weighted by atomic mass is 16.5. The van der Waals surface area contributed by atoms with E-state index in [1.165, 1.54) is 19.4 Å². The Bertz CT molecular complexity index is 1040. The van der Waals surface area contributed by atoms with Gasteiger partial charge in [0.05, 0.1) is 0 Å². The molecule has 1 aliphatic carbocycles. The van der Waals surface area contributed by atoms with E-state index in [4.69, 9.17) is 4.74 Å². The Labute approximate surface area is 195 Å². The molecule has 3 aromatic rings. The minimum absolute atomic E-state index is 0.0899. The molecule has 2 heterocycles. The molecule has 5 nitrogen and oxygen atoms in total. The van der Waals surface area contributed by atoms with E-state index < -0.39 is 0 Å². The van der Waals surface area contributed by atoms with Crippen LogP contribution in [0.15, 0.2) is 72.9 Å². The number of rotatable bonds is 8. The zero-order valence-corrected chi connectivity index (χ0v) is 19.0. The van der Waals surface area contributed by atoms with Gasteiger partial charge in [0.25, 0.3) is 5.91 Å². The molecule has 1 saturated heterocycles. The fourth-order valence-electron chi connectivity index (χ4n) is 4.36. The Morgan fingerprint density at radius 3 is 2.30 bits per heavy atom. The number of benzene rings is 2. The van der Waals surface area contributed by atoms with Crippen molar-refractivity contribution in [2.75, 3.05) is 19.6 Å². The van der Waals surface area contributed by atoms with Crippen molar-refractivity contribution in [1.82, 2.24) is 15.2 Å². The number of ether oxygens (including phenoxy) is 1. The Balaban J connectivity index is 1.08. The van der Waals surface area contributed by atoms with Gasteiger partial charge in [-0.3, -0.25) is 4.79 Å². The first-order valence-corrected chi connectivity index (χ1v) is 12.0. The highest BCUT2D eigenvalue weighted by molar-refractivity contribution is 5.94. The van der Waals surface area contributed by atoms with Crippen LogP contribution in [0.5, 0.6) is 5.88 Å². The lowest BCUT2D eigenvalue weighted by Gasteiger charge is -2.31. The summed E-state index contributed by atoms with van der Waals surface area (Å²) in [5.41, 5.74) is 3.84. The second kappa shape index (κ2) is 10.2. The van der Waals surface area contributed by atoms with Crippen LogP contribution in [0.4, 0.5) is 0 Å². The van der Waals surface area contributed by atoms with E-state index in [1.54, 1.807) is 6.20 Å². The van der Waals surface area contributed by atoms with Gasteiger partial charge in [-0.2, -0.15) is 0 Å². The largest absolute Gasteiger partial charge is 0.474 e. The summed E-state index contributed by atoms with van der Waals surface area (Å²) in [6.07, 6.45) is 6.99. The molecule has 1 amide bonds. The van der Waals surface area contributed by atoms with E-state index in [0.717, 1.165) is 48.5 Å². The van der Waals surface area contributed by atoms with Crippen LogP contribution < -0.4 is 10.1 Å². The molecule has 0 spiro atoms. The van der Waals surface area contributed by atoms with Gasteiger partial charge < -0.3 is 15.0 Å². The summed E-state index contributed by atoms with van der Waals surface area (Å²) >= 11 is 0. The van der Waals surface area contributed by atoms with Crippen LogP contribution in [0.25, 0.3) is 11.1 Å². The van der Waals surface area contributed by atoms with Crippen LogP contribution in [-0.2, 0) is 6.54 Å². The number of nitrogens with zero attached hydrogens (tertiary/aromatic N) is 2. The molecule has 1 aliphatic heterocycles. The van der Waals surface area contributed by atoms with Crippen LogP contribution in [0.2, 0.25) is 0 Å². The van der Waals surface area contributed by atoms with Gasteiger partial charge >= 0.3 is 0 Å². The fourth-order valence-corrected chi connectivity index (χ4v) is 4.36. The van der Waals surface area contributed by atoms with Crippen LogP contribution >= 0.6 is 0 Å². The minimum atomic E-state index is -0.0899. The highest BCUT2D eigenvalue weighted by Gasteiger charge is 2.27. The number of pyridine rings is 1. The first-order chi connectivity index (χ1) is 16.2. The average molecular weight is 442 g/mol. The second-order valence-electron chi connectivity index (χ2n) is 9.19. The zero-order chi connectivity index (χ0) is 22.5. The van der Waals surface area contributed by atoms with Crippen LogP contribution in [-0.4, -0.2) is 41.5 Å². The minimum Gasteiger partial charge on any atom is -0.474 e. The maximum Gasteiger partial charge on any atom is 0.251 e. The molecule has 2 fully saturated rings. The van der Waals surface area contributed by atoms with E-state index in [9.17, 15) is 4.79 Å². The van der Waals surface area contributed by atoms with E-state index in [-0.39, 0.29) is 12.0 Å². The summed E-state index contributed by atoms with van der Waals surface area (Å²) in [4.78, 5) is 19.6. The Morgan fingerprint density at radius 1 is 0.909 bits per heavy atom. The van der Waals surface area contributed by atoms with Crippen molar-refractivity contribution in [1.29, 1.82) is 0 Å². The molecule has 0 radical (unpaired) electrons. The molecule has 1 N–H and O–H groups in total. The van der Waals surface area contributed by atoms with E-state index in [1.807, 2.05) is 54.6 Å². The third-order valence-corrected chi connectivity index (χ3v) is 6.54. The van der Waals surface area contributed by atoms with Gasteiger partial charge in [0.1, 0.15) is 6.10 Å². The van der Waals surface area contributed by atoms with Crippen molar-refractivity contribution >= 4 is 5.91 Å². The van der Waals surface area contributed by atoms with E-state index >= 15 is 0 Å². The van der Waals surface area contributed by atoms with Gasteiger partial charge in [0, 0.05) is 44.0 Å². The van der Waals surface area contributed by atoms with Gasteiger partial charge in [0.15, 0.2) is 0 Å².